The highest BCUT2D eigenvalue weighted by atomic mass is 19.1. The number of aromatic nitrogens is 2. The maximum Gasteiger partial charge on any atom is 0.146 e. The van der Waals surface area contributed by atoms with E-state index in [9.17, 15) is 4.39 Å². The molecule has 2 aromatic heterocycles. The van der Waals surface area contributed by atoms with E-state index in [4.69, 9.17) is 15.6 Å². The van der Waals surface area contributed by atoms with Crippen LogP contribution in [0, 0.1) is 12.7 Å². The normalized spacial score (nSPS) is 11.6. The SMILES string of the molecule is C/C(=C\NN)CCOc1cc(-c2cccc(F)c2)cc2c(C)cc(-c3cccnc3)nc12. The number of halogens is 1. The number of hydrogen-bond acceptors (Lipinski definition) is 5. The summed E-state index contributed by atoms with van der Waals surface area (Å²) in [5, 5.41) is 0.963. The first-order valence-electron chi connectivity index (χ1n) is 10.4. The Hall–Kier alpha value is -3.77. The fraction of sp³-hybridized carbons (Fsp3) is 0.154. The Morgan fingerprint density at radius 3 is 2.69 bits per heavy atom. The summed E-state index contributed by atoms with van der Waals surface area (Å²) >= 11 is 0. The third-order valence-electron chi connectivity index (χ3n) is 5.28. The second-order valence-electron chi connectivity index (χ2n) is 7.70. The standard InChI is InChI=1S/C26H25FN4O/c1-17(15-30-28)8-10-32-25-14-21(19-5-3-7-22(27)12-19)13-23-18(2)11-24(31-26(23)25)20-6-4-9-29-16-20/h3-7,9,11-16,30H,8,10,28H2,1-2H3/b17-15+. The van der Waals surface area contributed by atoms with Crippen LogP contribution in [0.25, 0.3) is 33.3 Å². The summed E-state index contributed by atoms with van der Waals surface area (Å²) in [4.78, 5) is 9.12. The van der Waals surface area contributed by atoms with Crippen molar-refractivity contribution >= 4 is 10.9 Å². The minimum absolute atomic E-state index is 0.276. The maximum atomic E-state index is 13.9. The average Bonchev–Trinajstić information content (AvgIpc) is 2.80. The lowest BCUT2D eigenvalue weighted by molar-refractivity contribution is 0.324. The van der Waals surface area contributed by atoms with E-state index < -0.39 is 0 Å². The minimum atomic E-state index is -0.276. The Kier molecular flexibility index (Phi) is 6.42. The maximum absolute atomic E-state index is 13.9. The number of hydrogen-bond donors (Lipinski definition) is 2. The highest BCUT2D eigenvalue weighted by molar-refractivity contribution is 5.93. The van der Waals surface area contributed by atoms with Gasteiger partial charge in [-0.2, -0.15) is 0 Å². The number of rotatable bonds is 7. The summed E-state index contributed by atoms with van der Waals surface area (Å²) in [5.74, 6) is 5.74. The quantitative estimate of drug-likeness (QED) is 0.298. The third kappa shape index (κ3) is 4.76. The Balaban J connectivity index is 1.82. The topological polar surface area (TPSA) is 73.1 Å². The van der Waals surface area contributed by atoms with E-state index >= 15 is 0 Å². The Morgan fingerprint density at radius 1 is 1.09 bits per heavy atom. The summed E-state index contributed by atoms with van der Waals surface area (Å²) in [6.07, 6.45) is 5.98. The number of nitrogens with two attached hydrogens (primary N) is 1. The van der Waals surface area contributed by atoms with E-state index in [2.05, 4.69) is 10.4 Å². The molecule has 3 N–H and O–H groups in total. The highest BCUT2D eigenvalue weighted by Crippen LogP contribution is 2.35. The van der Waals surface area contributed by atoms with Gasteiger partial charge in [-0.25, -0.2) is 9.37 Å². The van der Waals surface area contributed by atoms with Gasteiger partial charge in [-0.1, -0.05) is 17.7 Å². The predicted molar refractivity (Wildman–Crippen MR) is 126 cm³/mol. The number of aryl methyl sites for hydroxylation is 1. The molecule has 162 valence electrons. The summed E-state index contributed by atoms with van der Waals surface area (Å²) in [6, 6.07) is 16.4. The van der Waals surface area contributed by atoms with Gasteiger partial charge in [0.15, 0.2) is 0 Å². The van der Waals surface area contributed by atoms with E-state index in [0.29, 0.717) is 18.8 Å². The van der Waals surface area contributed by atoms with Crippen molar-refractivity contribution in [1.82, 2.24) is 15.4 Å². The first-order valence-corrected chi connectivity index (χ1v) is 10.4. The van der Waals surface area contributed by atoms with Gasteiger partial charge < -0.3 is 10.2 Å². The molecule has 5 nitrogen and oxygen atoms in total. The van der Waals surface area contributed by atoms with Gasteiger partial charge in [0.2, 0.25) is 0 Å². The van der Waals surface area contributed by atoms with Crippen LogP contribution in [0.1, 0.15) is 18.9 Å². The van der Waals surface area contributed by atoms with Crippen LogP contribution in [0.5, 0.6) is 5.75 Å². The lowest BCUT2D eigenvalue weighted by Crippen LogP contribution is -2.14. The Bertz CT molecular complexity index is 1270. The number of pyridine rings is 2. The number of hydrazine groups is 1. The van der Waals surface area contributed by atoms with E-state index in [-0.39, 0.29) is 5.82 Å². The van der Waals surface area contributed by atoms with E-state index in [1.807, 2.05) is 50.2 Å². The van der Waals surface area contributed by atoms with Crippen LogP contribution in [-0.2, 0) is 0 Å². The van der Waals surface area contributed by atoms with Crippen molar-refractivity contribution < 1.29 is 9.13 Å². The molecule has 0 aliphatic heterocycles. The lowest BCUT2D eigenvalue weighted by Gasteiger charge is -2.15. The van der Waals surface area contributed by atoms with Gasteiger partial charge in [0.05, 0.1) is 12.3 Å². The number of benzene rings is 2. The molecule has 0 saturated heterocycles. The van der Waals surface area contributed by atoms with Crippen LogP contribution < -0.4 is 16.0 Å². The summed E-state index contributed by atoms with van der Waals surface area (Å²) in [6.45, 7) is 4.49. The van der Waals surface area contributed by atoms with Crippen molar-refractivity contribution in [3.05, 3.63) is 90.1 Å². The fourth-order valence-corrected chi connectivity index (χ4v) is 3.60. The van der Waals surface area contributed by atoms with Gasteiger partial charge in [0.25, 0.3) is 0 Å². The van der Waals surface area contributed by atoms with Crippen LogP contribution >= 0.6 is 0 Å². The lowest BCUT2D eigenvalue weighted by atomic mass is 9.99. The van der Waals surface area contributed by atoms with Crippen molar-refractivity contribution in [2.45, 2.75) is 20.3 Å². The van der Waals surface area contributed by atoms with Gasteiger partial charge in [0.1, 0.15) is 17.1 Å². The second kappa shape index (κ2) is 9.58. The van der Waals surface area contributed by atoms with Crippen molar-refractivity contribution in [2.24, 2.45) is 5.84 Å². The Labute approximate surface area is 186 Å². The second-order valence-corrected chi connectivity index (χ2v) is 7.70. The molecule has 0 saturated carbocycles. The zero-order valence-corrected chi connectivity index (χ0v) is 18.1. The molecule has 0 atom stereocenters. The molecule has 0 bridgehead atoms. The van der Waals surface area contributed by atoms with Crippen LogP contribution in [-0.4, -0.2) is 16.6 Å². The zero-order valence-electron chi connectivity index (χ0n) is 18.1. The van der Waals surface area contributed by atoms with Gasteiger partial charge in [-0.15, -0.1) is 0 Å². The third-order valence-corrected chi connectivity index (χ3v) is 5.28. The zero-order chi connectivity index (χ0) is 22.5. The molecular weight excluding hydrogens is 403 g/mol. The van der Waals surface area contributed by atoms with Gasteiger partial charge in [-0.3, -0.25) is 10.8 Å². The molecule has 0 amide bonds. The number of nitrogens with zero attached hydrogens (tertiary/aromatic N) is 2. The number of fused-ring (bicyclic) bond motifs is 1. The molecule has 0 radical (unpaired) electrons. The monoisotopic (exact) mass is 428 g/mol. The molecule has 0 aliphatic carbocycles. The van der Waals surface area contributed by atoms with Crippen LogP contribution in [0.2, 0.25) is 0 Å². The fourth-order valence-electron chi connectivity index (χ4n) is 3.60. The highest BCUT2D eigenvalue weighted by Gasteiger charge is 2.13. The van der Waals surface area contributed by atoms with Gasteiger partial charge >= 0.3 is 0 Å². The molecule has 4 aromatic rings. The van der Waals surface area contributed by atoms with Gasteiger partial charge in [-0.05, 0) is 73.0 Å². The van der Waals surface area contributed by atoms with Crippen molar-refractivity contribution in [3.63, 3.8) is 0 Å². The first kappa shape index (κ1) is 21.5. The number of nitrogens with one attached hydrogen (secondary N) is 1. The van der Waals surface area contributed by atoms with Crippen molar-refractivity contribution in [2.75, 3.05) is 6.61 Å². The molecule has 0 aliphatic rings. The molecule has 0 fully saturated rings. The molecule has 4 rings (SSSR count). The molecule has 2 aromatic carbocycles. The molecular formula is C26H25FN4O. The summed E-state index contributed by atoms with van der Waals surface area (Å²) < 4.78 is 20.1. The molecule has 0 unspecified atom stereocenters. The van der Waals surface area contributed by atoms with E-state index in [1.165, 1.54) is 12.1 Å². The Morgan fingerprint density at radius 2 is 1.94 bits per heavy atom. The van der Waals surface area contributed by atoms with Crippen LogP contribution in [0.4, 0.5) is 4.39 Å². The summed E-state index contributed by atoms with van der Waals surface area (Å²) in [5.41, 5.74) is 8.86. The average molecular weight is 429 g/mol. The van der Waals surface area contributed by atoms with Crippen LogP contribution in [0.3, 0.4) is 0 Å². The summed E-state index contributed by atoms with van der Waals surface area (Å²) in [7, 11) is 0. The predicted octanol–water partition coefficient (Wildman–Crippen LogP) is 5.55. The van der Waals surface area contributed by atoms with E-state index in [1.54, 1.807) is 24.7 Å². The molecule has 2 heterocycles. The van der Waals surface area contributed by atoms with Crippen molar-refractivity contribution in [1.29, 1.82) is 0 Å². The van der Waals surface area contributed by atoms with E-state index in [0.717, 1.165) is 44.4 Å². The first-order chi connectivity index (χ1) is 15.5. The van der Waals surface area contributed by atoms with Crippen LogP contribution in [0.15, 0.2) is 78.8 Å². The smallest absolute Gasteiger partial charge is 0.146 e. The molecule has 0 spiro atoms. The minimum Gasteiger partial charge on any atom is -0.491 e. The van der Waals surface area contributed by atoms with Gasteiger partial charge in [0, 0.05) is 36.0 Å². The molecule has 32 heavy (non-hydrogen) atoms. The van der Waals surface area contributed by atoms with Crippen molar-refractivity contribution in [3.8, 4) is 28.1 Å². The largest absolute Gasteiger partial charge is 0.491 e. The number of ether oxygens (including phenoxy) is 1. The molecule has 6 heteroatoms.